The maximum Gasteiger partial charge on any atom is 0.292 e. The number of amides is 1. The van der Waals surface area contributed by atoms with Crippen LogP contribution in [0.15, 0.2) is 63.9 Å². The van der Waals surface area contributed by atoms with Crippen molar-refractivity contribution in [1.29, 1.82) is 0 Å². The molecule has 0 atom stereocenters. The molecule has 4 rings (SSSR count). The number of benzene rings is 2. The van der Waals surface area contributed by atoms with Crippen LogP contribution >= 0.6 is 0 Å². The fourth-order valence-corrected chi connectivity index (χ4v) is 3.13. The minimum atomic E-state index is -0.493. The Morgan fingerprint density at radius 1 is 1.03 bits per heavy atom. The van der Waals surface area contributed by atoms with Crippen LogP contribution in [0, 0.1) is 20.8 Å². The minimum Gasteiger partial charge on any atom is -0.451 e. The first-order chi connectivity index (χ1) is 13.9. The molecule has 29 heavy (non-hydrogen) atoms. The number of aromatic nitrogens is 2. The van der Waals surface area contributed by atoms with Crippen molar-refractivity contribution in [3.05, 3.63) is 93.0 Å². The van der Waals surface area contributed by atoms with Crippen LogP contribution in [0.2, 0.25) is 0 Å². The molecule has 146 valence electrons. The number of hydrogen-bond acceptors (Lipinski definition) is 4. The smallest absolute Gasteiger partial charge is 0.292 e. The molecule has 0 aliphatic heterocycles. The molecule has 0 fully saturated rings. The number of fused-ring (bicyclic) bond motifs is 1. The van der Waals surface area contributed by atoms with Gasteiger partial charge in [-0.25, -0.2) is 4.68 Å². The SMILES string of the molecule is Cc1ccc(Cn2nccc2NC(=O)c2cc(=O)c3cc(C)c(C)cc3o2)cc1. The van der Waals surface area contributed by atoms with E-state index in [1.807, 2.05) is 45.0 Å². The Morgan fingerprint density at radius 2 is 1.76 bits per heavy atom. The second-order valence-electron chi connectivity index (χ2n) is 7.22. The maximum absolute atomic E-state index is 12.7. The van der Waals surface area contributed by atoms with Crippen molar-refractivity contribution < 1.29 is 9.21 Å². The van der Waals surface area contributed by atoms with Crippen molar-refractivity contribution in [2.45, 2.75) is 27.3 Å². The normalized spacial score (nSPS) is 11.0. The standard InChI is InChI=1S/C23H21N3O3/c1-14-4-6-17(7-5-14)13-26-22(8-9-24-26)25-23(28)21-12-19(27)18-10-15(2)16(3)11-20(18)29-21/h4-12H,13H2,1-3H3,(H,25,28). The summed E-state index contributed by atoms with van der Waals surface area (Å²) in [5, 5.41) is 7.53. The van der Waals surface area contributed by atoms with Crippen molar-refractivity contribution in [2.24, 2.45) is 0 Å². The van der Waals surface area contributed by atoms with E-state index in [4.69, 9.17) is 4.42 Å². The van der Waals surface area contributed by atoms with E-state index in [1.54, 1.807) is 29.1 Å². The molecule has 6 heteroatoms. The largest absolute Gasteiger partial charge is 0.451 e. The highest BCUT2D eigenvalue weighted by molar-refractivity contribution is 6.02. The second-order valence-corrected chi connectivity index (χ2v) is 7.22. The highest BCUT2D eigenvalue weighted by Crippen LogP contribution is 2.19. The molecule has 0 spiro atoms. The predicted molar refractivity (Wildman–Crippen MR) is 112 cm³/mol. The van der Waals surface area contributed by atoms with Gasteiger partial charge in [-0.3, -0.25) is 9.59 Å². The van der Waals surface area contributed by atoms with Crippen LogP contribution in [0.3, 0.4) is 0 Å². The average Bonchev–Trinajstić information content (AvgIpc) is 3.11. The predicted octanol–water partition coefficient (Wildman–Crippen LogP) is 4.22. The van der Waals surface area contributed by atoms with Crippen molar-refractivity contribution >= 4 is 22.7 Å². The monoisotopic (exact) mass is 387 g/mol. The summed E-state index contributed by atoms with van der Waals surface area (Å²) >= 11 is 0. The number of aryl methyl sites for hydroxylation is 3. The number of hydrogen-bond donors (Lipinski definition) is 1. The molecular weight excluding hydrogens is 366 g/mol. The van der Waals surface area contributed by atoms with Crippen LogP contribution in [-0.4, -0.2) is 15.7 Å². The van der Waals surface area contributed by atoms with Gasteiger partial charge in [0.2, 0.25) is 0 Å². The topological polar surface area (TPSA) is 77.1 Å². The summed E-state index contributed by atoms with van der Waals surface area (Å²) in [6.07, 6.45) is 1.62. The van der Waals surface area contributed by atoms with Crippen LogP contribution in [0.25, 0.3) is 11.0 Å². The Labute approximate surface area is 167 Å². The van der Waals surface area contributed by atoms with Gasteiger partial charge in [0.05, 0.1) is 18.1 Å². The zero-order valence-corrected chi connectivity index (χ0v) is 16.5. The Morgan fingerprint density at radius 3 is 2.52 bits per heavy atom. The van der Waals surface area contributed by atoms with E-state index in [0.29, 0.717) is 23.3 Å². The second kappa shape index (κ2) is 7.39. The molecule has 0 unspecified atom stereocenters. The lowest BCUT2D eigenvalue weighted by Crippen LogP contribution is -2.18. The van der Waals surface area contributed by atoms with Gasteiger partial charge in [0.25, 0.3) is 5.91 Å². The van der Waals surface area contributed by atoms with Crippen molar-refractivity contribution in [2.75, 3.05) is 5.32 Å². The Balaban J connectivity index is 1.60. The van der Waals surface area contributed by atoms with Crippen LogP contribution in [0.5, 0.6) is 0 Å². The maximum atomic E-state index is 12.7. The number of nitrogens with zero attached hydrogens (tertiary/aromatic N) is 2. The Bertz CT molecular complexity index is 1270. The van der Waals surface area contributed by atoms with Crippen molar-refractivity contribution in [1.82, 2.24) is 9.78 Å². The third kappa shape index (κ3) is 3.82. The molecule has 1 N–H and O–H groups in total. The lowest BCUT2D eigenvalue weighted by atomic mass is 10.1. The summed E-state index contributed by atoms with van der Waals surface area (Å²) < 4.78 is 7.41. The van der Waals surface area contributed by atoms with Gasteiger partial charge in [0.15, 0.2) is 11.2 Å². The molecule has 4 aromatic rings. The highest BCUT2D eigenvalue weighted by Gasteiger charge is 2.15. The molecule has 0 aliphatic carbocycles. The van der Waals surface area contributed by atoms with E-state index < -0.39 is 5.91 Å². The van der Waals surface area contributed by atoms with Crippen LogP contribution in [-0.2, 0) is 6.54 Å². The summed E-state index contributed by atoms with van der Waals surface area (Å²) in [7, 11) is 0. The molecule has 0 aliphatic rings. The third-order valence-corrected chi connectivity index (χ3v) is 4.98. The van der Waals surface area contributed by atoms with E-state index in [0.717, 1.165) is 16.7 Å². The Hall–Kier alpha value is -3.67. The zero-order chi connectivity index (χ0) is 20.5. The fourth-order valence-electron chi connectivity index (χ4n) is 3.13. The summed E-state index contributed by atoms with van der Waals surface area (Å²) in [5.74, 6) is 0.000121. The van der Waals surface area contributed by atoms with Crippen LogP contribution < -0.4 is 10.7 Å². The molecule has 1 amide bonds. The third-order valence-electron chi connectivity index (χ3n) is 4.98. The van der Waals surface area contributed by atoms with Gasteiger partial charge < -0.3 is 9.73 Å². The molecule has 2 heterocycles. The first-order valence-electron chi connectivity index (χ1n) is 9.34. The quantitative estimate of drug-likeness (QED) is 0.569. The molecule has 0 saturated heterocycles. The number of carbonyl (C=O) groups is 1. The molecule has 0 bridgehead atoms. The summed E-state index contributed by atoms with van der Waals surface area (Å²) in [6, 6.07) is 14.6. The summed E-state index contributed by atoms with van der Waals surface area (Å²) in [5.41, 5.74) is 4.40. The van der Waals surface area contributed by atoms with E-state index in [9.17, 15) is 9.59 Å². The van der Waals surface area contributed by atoms with E-state index in [-0.39, 0.29) is 11.2 Å². The minimum absolute atomic E-state index is 0.0335. The molecule has 0 saturated carbocycles. The molecule has 0 radical (unpaired) electrons. The average molecular weight is 387 g/mol. The van der Waals surface area contributed by atoms with Crippen molar-refractivity contribution in [3.8, 4) is 0 Å². The van der Waals surface area contributed by atoms with Gasteiger partial charge in [-0.05, 0) is 49.6 Å². The zero-order valence-electron chi connectivity index (χ0n) is 16.5. The van der Waals surface area contributed by atoms with Crippen molar-refractivity contribution in [3.63, 3.8) is 0 Å². The van der Waals surface area contributed by atoms with E-state index in [2.05, 4.69) is 10.4 Å². The van der Waals surface area contributed by atoms with Crippen LogP contribution in [0.4, 0.5) is 5.82 Å². The van der Waals surface area contributed by atoms with Gasteiger partial charge in [-0.15, -0.1) is 0 Å². The van der Waals surface area contributed by atoms with E-state index >= 15 is 0 Å². The lowest BCUT2D eigenvalue weighted by molar-refractivity contribution is 0.0996. The first-order valence-corrected chi connectivity index (χ1v) is 9.34. The van der Waals surface area contributed by atoms with Gasteiger partial charge in [-0.2, -0.15) is 5.10 Å². The molecule has 2 aromatic carbocycles. The van der Waals surface area contributed by atoms with Gasteiger partial charge in [-0.1, -0.05) is 29.8 Å². The highest BCUT2D eigenvalue weighted by atomic mass is 16.3. The first kappa shape index (κ1) is 18.7. The lowest BCUT2D eigenvalue weighted by Gasteiger charge is -2.10. The molecule has 6 nitrogen and oxygen atoms in total. The van der Waals surface area contributed by atoms with Gasteiger partial charge >= 0.3 is 0 Å². The number of carbonyl (C=O) groups excluding carboxylic acids is 1. The van der Waals surface area contributed by atoms with Gasteiger partial charge in [0, 0.05) is 12.1 Å². The fraction of sp³-hybridized carbons (Fsp3) is 0.174. The number of anilines is 1. The Kier molecular flexibility index (Phi) is 4.76. The summed E-state index contributed by atoms with van der Waals surface area (Å²) in [4.78, 5) is 25.2. The molecular formula is C23H21N3O3. The molecule has 2 aromatic heterocycles. The van der Waals surface area contributed by atoms with Crippen LogP contribution in [0.1, 0.15) is 32.8 Å². The summed E-state index contributed by atoms with van der Waals surface area (Å²) in [6.45, 7) is 6.42. The number of rotatable bonds is 4. The van der Waals surface area contributed by atoms with Gasteiger partial charge in [0.1, 0.15) is 11.4 Å². The number of nitrogens with one attached hydrogen (secondary N) is 1. The van der Waals surface area contributed by atoms with E-state index in [1.165, 1.54) is 11.6 Å².